The first kappa shape index (κ1) is 12.8. The Morgan fingerprint density at radius 3 is 2.89 bits per heavy atom. The molecule has 0 aliphatic carbocycles. The van der Waals surface area contributed by atoms with Gasteiger partial charge in [-0.15, -0.1) is 10.2 Å². The van der Waals surface area contributed by atoms with Crippen LogP contribution in [0.5, 0.6) is 0 Å². The Kier molecular flexibility index (Phi) is 3.78. The van der Waals surface area contributed by atoms with E-state index in [1.807, 2.05) is 0 Å². The minimum Gasteiger partial charge on any atom is -0.346 e. The maximum absolute atomic E-state index is 11.9. The third-order valence-electron chi connectivity index (χ3n) is 2.32. The van der Waals surface area contributed by atoms with E-state index in [-0.39, 0.29) is 21.8 Å². The molecule has 0 radical (unpaired) electrons. The van der Waals surface area contributed by atoms with Gasteiger partial charge in [0.15, 0.2) is 10.3 Å². The lowest BCUT2D eigenvalue weighted by molar-refractivity contribution is 0.0949. The maximum Gasteiger partial charge on any atom is 0.254 e. The predicted octanol–water partition coefficient (Wildman–Crippen LogP) is 1.45. The lowest BCUT2D eigenvalue weighted by Gasteiger charge is -2.06. The van der Waals surface area contributed by atoms with Crippen LogP contribution in [0.15, 0.2) is 18.3 Å². The highest BCUT2D eigenvalue weighted by Gasteiger charge is 2.13. The second kappa shape index (κ2) is 5.32. The molecule has 0 spiro atoms. The van der Waals surface area contributed by atoms with Gasteiger partial charge in [0.1, 0.15) is 0 Å². The maximum atomic E-state index is 11.9. The zero-order valence-electron chi connectivity index (χ0n) is 9.39. The summed E-state index contributed by atoms with van der Waals surface area (Å²) in [6, 6.07) is 3.18. The van der Waals surface area contributed by atoms with E-state index in [1.165, 1.54) is 6.07 Å². The van der Waals surface area contributed by atoms with Crippen LogP contribution in [-0.2, 0) is 13.6 Å². The van der Waals surface area contributed by atoms with Crippen molar-refractivity contribution in [2.45, 2.75) is 6.54 Å². The van der Waals surface area contributed by atoms with Gasteiger partial charge in [-0.1, -0.05) is 23.2 Å². The number of carbonyl (C=O) groups excluding carboxylic acids is 1. The van der Waals surface area contributed by atoms with Crippen LogP contribution in [0.4, 0.5) is 0 Å². The fourth-order valence-electron chi connectivity index (χ4n) is 1.35. The molecule has 0 saturated carbocycles. The molecule has 8 heteroatoms. The normalized spacial score (nSPS) is 10.4. The summed E-state index contributed by atoms with van der Waals surface area (Å²) >= 11 is 11.4. The van der Waals surface area contributed by atoms with Crippen molar-refractivity contribution in [1.29, 1.82) is 0 Å². The van der Waals surface area contributed by atoms with Gasteiger partial charge in [-0.2, -0.15) is 5.10 Å². The quantitative estimate of drug-likeness (QED) is 0.926. The first-order valence-electron chi connectivity index (χ1n) is 5.01. The molecular weight excluding hydrogens is 277 g/mol. The van der Waals surface area contributed by atoms with Gasteiger partial charge in [0.25, 0.3) is 5.91 Å². The Hall–Kier alpha value is -1.66. The summed E-state index contributed by atoms with van der Waals surface area (Å²) < 4.78 is 1.67. The van der Waals surface area contributed by atoms with Gasteiger partial charge >= 0.3 is 0 Å². The largest absolute Gasteiger partial charge is 0.346 e. The van der Waals surface area contributed by atoms with Crippen LogP contribution in [0, 0.1) is 0 Å². The molecular formula is C10H9Cl2N5O. The van der Waals surface area contributed by atoms with Gasteiger partial charge in [-0.3, -0.25) is 9.48 Å². The minimum atomic E-state index is -0.363. The van der Waals surface area contributed by atoms with Gasteiger partial charge in [0.2, 0.25) is 0 Å². The highest BCUT2D eigenvalue weighted by molar-refractivity contribution is 6.34. The van der Waals surface area contributed by atoms with Gasteiger partial charge in [0.05, 0.1) is 17.8 Å². The molecule has 2 heterocycles. The Morgan fingerprint density at radius 1 is 1.44 bits per heavy atom. The molecule has 94 valence electrons. The molecule has 0 saturated heterocycles. The number of hydrogen-bond donors (Lipinski definition) is 1. The Morgan fingerprint density at radius 2 is 2.22 bits per heavy atom. The molecule has 0 unspecified atom stereocenters. The molecule has 0 bridgehead atoms. The molecule has 2 rings (SSSR count). The van der Waals surface area contributed by atoms with Crippen LogP contribution in [0.3, 0.4) is 0 Å². The fraction of sp³-hybridized carbons (Fsp3) is 0.200. The zero-order valence-corrected chi connectivity index (χ0v) is 10.9. The second-order valence-electron chi connectivity index (χ2n) is 3.50. The Labute approximate surface area is 113 Å². The van der Waals surface area contributed by atoms with Crippen molar-refractivity contribution in [2.24, 2.45) is 7.05 Å². The summed E-state index contributed by atoms with van der Waals surface area (Å²) in [5.74, 6) is -0.363. The third kappa shape index (κ3) is 2.77. The van der Waals surface area contributed by atoms with Crippen LogP contribution >= 0.6 is 23.2 Å². The predicted molar refractivity (Wildman–Crippen MR) is 66.4 cm³/mol. The standard InChI is InChI=1S/C10H9Cl2N5O/c1-17-6(2-3-14-17)5-13-10(18)7-4-8(11)15-16-9(7)12/h2-4H,5H2,1H3,(H,13,18). The van der Waals surface area contributed by atoms with E-state index < -0.39 is 0 Å². The number of aromatic nitrogens is 4. The van der Waals surface area contributed by atoms with E-state index in [9.17, 15) is 4.79 Å². The van der Waals surface area contributed by atoms with E-state index in [0.29, 0.717) is 6.54 Å². The summed E-state index contributed by atoms with van der Waals surface area (Å²) in [7, 11) is 1.79. The number of aryl methyl sites for hydroxylation is 1. The first-order valence-corrected chi connectivity index (χ1v) is 5.77. The molecule has 1 N–H and O–H groups in total. The molecule has 0 fully saturated rings. The number of rotatable bonds is 3. The summed E-state index contributed by atoms with van der Waals surface area (Å²) in [5, 5.41) is 13.9. The topological polar surface area (TPSA) is 72.7 Å². The summed E-state index contributed by atoms with van der Waals surface area (Å²) in [4.78, 5) is 11.9. The zero-order chi connectivity index (χ0) is 13.1. The van der Waals surface area contributed by atoms with Crippen molar-refractivity contribution >= 4 is 29.1 Å². The molecule has 2 aromatic heterocycles. The number of amides is 1. The summed E-state index contributed by atoms with van der Waals surface area (Å²) in [6.07, 6.45) is 1.65. The monoisotopic (exact) mass is 285 g/mol. The van der Waals surface area contributed by atoms with Crippen LogP contribution in [0.25, 0.3) is 0 Å². The van der Waals surface area contributed by atoms with Crippen LogP contribution in [0.1, 0.15) is 16.1 Å². The van der Waals surface area contributed by atoms with Crippen molar-refractivity contribution in [3.05, 3.63) is 39.9 Å². The van der Waals surface area contributed by atoms with Crippen LogP contribution < -0.4 is 5.32 Å². The molecule has 0 atom stereocenters. The van der Waals surface area contributed by atoms with E-state index in [0.717, 1.165) is 5.69 Å². The van der Waals surface area contributed by atoms with Crippen LogP contribution in [0.2, 0.25) is 10.3 Å². The van der Waals surface area contributed by atoms with Gasteiger partial charge in [-0.05, 0) is 12.1 Å². The lowest BCUT2D eigenvalue weighted by Crippen LogP contribution is -2.24. The highest BCUT2D eigenvalue weighted by Crippen LogP contribution is 2.15. The van der Waals surface area contributed by atoms with E-state index in [2.05, 4.69) is 20.6 Å². The molecule has 0 aliphatic heterocycles. The number of halogens is 2. The van der Waals surface area contributed by atoms with E-state index in [1.54, 1.807) is 24.0 Å². The van der Waals surface area contributed by atoms with Crippen molar-refractivity contribution in [3.8, 4) is 0 Å². The highest BCUT2D eigenvalue weighted by atomic mass is 35.5. The first-order chi connectivity index (χ1) is 8.58. The Balaban J connectivity index is 2.08. The molecule has 6 nitrogen and oxygen atoms in total. The van der Waals surface area contributed by atoms with Crippen molar-refractivity contribution in [1.82, 2.24) is 25.3 Å². The second-order valence-corrected chi connectivity index (χ2v) is 4.25. The van der Waals surface area contributed by atoms with Crippen molar-refractivity contribution < 1.29 is 4.79 Å². The minimum absolute atomic E-state index is 0.0157. The average Bonchev–Trinajstić information content (AvgIpc) is 2.75. The van der Waals surface area contributed by atoms with E-state index in [4.69, 9.17) is 23.2 Å². The molecule has 2 aromatic rings. The summed E-state index contributed by atoms with van der Waals surface area (Å²) in [6.45, 7) is 0.339. The number of hydrogen-bond acceptors (Lipinski definition) is 4. The van der Waals surface area contributed by atoms with E-state index >= 15 is 0 Å². The van der Waals surface area contributed by atoms with Crippen molar-refractivity contribution in [3.63, 3.8) is 0 Å². The van der Waals surface area contributed by atoms with Gasteiger partial charge < -0.3 is 5.32 Å². The van der Waals surface area contributed by atoms with Gasteiger partial charge in [0, 0.05) is 13.2 Å². The number of nitrogens with zero attached hydrogens (tertiary/aromatic N) is 4. The van der Waals surface area contributed by atoms with Crippen LogP contribution in [-0.4, -0.2) is 25.9 Å². The molecule has 0 aliphatic rings. The van der Waals surface area contributed by atoms with Crippen molar-refractivity contribution in [2.75, 3.05) is 0 Å². The third-order valence-corrected chi connectivity index (χ3v) is 2.78. The van der Waals surface area contributed by atoms with Gasteiger partial charge in [-0.25, -0.2) is 0 Å². The average molecular weight is 286 g/mol. The number of nitrogens with one attached hydrogen (secondary N) is 1. The Bertz CT molecular complexity index is 583. The molecule has 0 aromatic carbocycles. The lowest BCUT2D eigenvalue weighted by atomic mass is 10.3. The molecule has 1 amide bonds. The number of carbonyl (C=O) groups is 1. The fourth-order valence-corrected chi connectivity index (χ4v) is 1.68. The SMILES string of the molecule is Cn1nccc1CNC(=O)c1cc(Cl)nnc1Cl. The smallest absolute Gasteiger partial charge is 0.254 e. The summed E-state index contributed by atoms with van der Waals surface area (Å²) in [5.41, 5.74) is 1.06. The molecule has 18 heavy (non-hydrogen) atoms.